The highest BCUT2D eigenvalue weighted by Crippen LogP contribution is 2.30. The Balaban J connectivity index is 1.47. The number of ether oxygens (including phenoxy) is 1. The molecule has 3 heterocycles. The number of carbonyl (C=O) groups excluding carboxylic acids is 1. The van der Waals surface area contributed by atoms with Gasteiger partial charge in [-0.15, -0.1) is 0 Å². The van der Waals surface area contributed by atoms with Crippen LogP contribution in [0.2, 0.25) is 0 Å². The number of nitrogens with zero attached hydrogens (tertiary/aromatic N) is 3. The summed E-state index contributed by atoms with van der Waals surface area (Å²) < 4.78 is 7.67. The fraction of sp³-hybridized carbons (Fsp3) is 0.565. The predicted octanol–water partition coefficient (Wildman–Crippen LogP) is 2.28. The lowest BCUT2D eigenvalue weighted by molar-refractivity contribution is -0.137. The summed E-state index contributed by atoms with van der Waals surface area (Å²) in [7, 11) is 1.92. The number of carbonyl (C=O) groups is 1. The van der Waals surface area contributed by atoms with Crippen LogP contribution in [0.1, 0.15) is 35.4 Å². The van der Waals surface area contributed by atoms with E-state index in [1.807, 2.05) is 24.1 Å². The van der Waals surface area contributed by atoms with Crippen LogP contribution in [0.3, 0.4) is 0 Å². The van der Waals surface area contributed by atoms with Gasteiger partial charge in [0.05, 0.1) is 18.2 Å². The number of amides is 1. The lowest BCUT2D eigenvalue weighted by Gasteiger charge is -2.30. The molecule has 1 aromatic carbocycles. The van der Waals surface area contributed by atoms with E-state index in [9.17, 15) is 4.79 Å². The Morgan fingerprint density at radius 2 is 2.14 bits per heavy atom. The molecular formula is C23H32N4O2. The standard InChI is InChI=1S/C23H32N4O2/c1-17-5-7-18(8-6-17)9-10-27(16-20-4-3-11-29-20)23(28)22-14-24-13-21(22)19-12-25-26(2)15-19/h5-8,12,15,20-22,24H,3-4,9-11,13-14,16H2,1-2H3/t20?,21-,22+/m1/s1. The molecule has 6 heteroatoms. The molecule has 2 fully saturated rings. The molecule has 0 bridgehead atoms. The minimum absolute atomic E-state index is 0.0429. The van der Waals surface area contributed by atoms with Gasteiger partial charge in [-0.25, -0.2) is 0 Å². The molecule has 6 nitrogen and oxygen atoms in total. The number of nitrogens with one attached hydrogen (secondary N) is 1. The van der Waals surface area contributed by atoms with Gasteiger partial charge in [-0.2, -0.15) is 5.10 Å². The van der Waals surface area contributed by atoms with Gasteiger partial charge in [0.25, 0.3) is 0 Å². The molecule has 0 aliphatic carbocycles. The monoisotopic (exact) mass is 396 g/mol. The van der Waals surface area contributed by atoms with E-state index in [-0.39, 0.29) is 23.8 Å². The van der Waals surface area contributed by atoms with Crippen molar-refractivity contribution in [1.29, 1.82) is 0 Å². The summed E-state index contributed by atoms with van der Waals surface area (Å²) in [5, 5.41) is 7.73. The Labute approximate surface area is 173 Å². The first-order chi connectivity index (χ1) is 14.1. The van der Waals surface area contributed by atoms with Crippen LogP contribution in [-0.2, 0) is 23.0 Å². The third-order valence-corrected chi connectivity index (χ3v) is 6.24. The quantitative estimate of drug-likeness (QED) is 0.780. The smallest absolute Gasteiger partial charge is 0.227 e. The molecule has 0 radical (unpaired) electrons. The highest BCUT2D eigenvalue weighted by Gasteiger charge is 2.37. The van der Waals surface area contributed by atoms with E-state index in [4.69, 9.17) is 4.74 Å². The maximum absolute atomic E-state index is 13.6. The van der Waals surface area contributed by atoms with Crippen molar-refractivity contribution >= 4 is 5.91 Å². The molecule has 4 rings (SSSR count). The molecule has 0 saturated carbocycles. The summed E-state index contributed by atoms with van der Waals surface area (Å²) in [4.78, 5) is 15.7. The van der Waals surface area contributed by atoms with Crippen molar-refractivity contribution in [3.63, 3.8) is 0 Å². The van der Waals surface area contributed by atoms with Crippen molar-refractivity contribution in [3.8, 4) is 0 Å². The normalized spacial score (nSPS) is 24.1. The second-order valence-corrected chi connectivity index (χ2v) is 8.47. The zero-order valence-corrected chi connectivity index (χ0v) is 17.5. The molecule has 1 aromatic heterocycles. The molecule has 3 atom stereocenters. The lowest BCUT2D eigenvalue weighted by Crippen LogP contribution is -2.43. The van der Waals surface area contributed by atoms with E-state index in [0.29, 0.717) is 6.54 Å². The molecule has 1 unspecified atom stereocenters. The molecule has 2 aromatic rings. The summed E-state index contributed by atoms with van der Waals surface area (Å²) in [5.41, 5.74) is 3.68. The summed E-state index contributed by atoms with van der Waals surface area (Å²) in [6.45, 7) is 5.90. The maximum Gasteiger partial charge on any atom is 0.227 e. The second-order valence-electron chi connectivity index (χ2n) is 8.47. The lowest BCUT2D eigenvalue weighted by atomic mass is 9.89. The number of hydrogen-bond donors (Lipinski definition) is 1. The van der Waals surface area contributed by atoms with E-state index in [1.54, 1.807) is 0 Å². The topological polar surface area (TPSA) is 59.4 Å². The van der Waals surface area contributed by atoms with Crippen LogP contribution in [-0.4, -0.2) is 59.5 Å². The second kappa shape index (κ2) is 9.09. The first-order valence-electron chi connectivity index (χ1n) is 10.8. The van der Waals surface area contributed by atoms with Crippen LogP contribution in [0, 0.1) is 12.8 Å². The zero-order chi connectivity index (χ0) is 20.2. The average molecular weight is 397 g/mol. The summed E-state index contributed by atoms with van der Waals surface area (Å²) >= 11 is 0. The zero-order valence-electron chi connectivity index (χ0n) is 17.5. The Morgan fingerprint density at radius 1 is 1.31 bits per heavy atom. The van der Waals surface area contributed by atoms with Gasteiger partial charge >= 0.3 is 0 Å². The summed E-state index contributed by atoms with van der Waals surface area (Å²) in [5.74, 6) is 0.382. The van der Waals surface area contributed by atoms with E-state index < -0.39 is 0 Å². The van der Waals surface area contributed by atoms with Gasteiger partial charge < -0.3 is 15.0 Å². The van der Waals surface area contributed by atoms with Crippen LogP contribution in [0.15, 0.2) is 36.7 Å². The van der Waals surface area contributed by atoms with Crippen molar-refractivity contribution in [2.24, 2.45) is 13.0 Å². The van der Waals surface area contributed by atoms with E-state index >= 15 is 0 Å². The Hall–Kier alpha value is -2.18. The molecule has 2 aliphatic rings. The number of aromatic nitrogens is 2. The van der Waals surface area contributed by atoms with E-state index in [1.165, 1.54) is 11.1 Å². The minimum atomic E-state index is -0.0429. The van der Waals surface area contributed by atoms with Gasteiger partial charge in [-0.05, 0) is 37.3 Å². The molecule has 1 N–H and O–H groups in total. The van der Waals surface area contributed by atoms with Crippen LogP contribution in [0.25, 0.3) is 0 Å². The number of rotatable bonds is 7. The first-order valence-corrected chi connectivity index (χ1v) is 10.8. The Kier molecular flexibility index (Phi) is 6.31. The Bertz CT molecular complexity index is 811. The third-order valence-electron chi connectivity index (χ3n) is 6.24. The minimum Gasteiger partial charge on any atom is -0.376 e. The molecule has 29 heavy (non-hydrogen) atoms. The van der Waals surface area contributed by atoms with Gasteiger partial charge in [0, 0.05) is 51.9 Å². The highest BCUT2D eigenvalue weighted by atomic mass is 16.5. The average Bonchev–Trinajstić information content (AvgIpc) is 3.47. The fourth-order valence-electron chi connectivity index (χ4n) is 4.50. The van der Waals surface area contributed by atoms with E-state index in [0.717, 1.165) is 51.1 Å². The predicted molar refractivity (Wildman–Crippen MR) is 113 cm³/mol. The van der Waals surface area contributed by atoms with Crippen molar-refractivity contribution < 1.29 is 9.53 Å². The van der Waals surface area contributed by atoms with Crippen molar-refractivity contribution in [2.75, 3.05) is 32.8 Å². The van der Waals surface area contributed by atoms with Crippen molar-refractivity contribution in [3.05, 3.63) is 53.3 Å². The van der Waals surface area contributed by atoms with Gasteiger partial charge in [-0.3, -0.25) is 9.48 Å². The van der Waals surface area contributed by atoms with Gasteiger partial charge in [0.1, 0.15) is 0 Å². The molecule has 2 saturated heterocycles. The van der Waals surface area contributed by atoms with Crippen LogP contribution in [0.4, 0.5) is 0 Å². The van der Waals surface area contributed by atoms with Crippen molar-refractivity contribution in [2.45, 2.75) is 38.2 Å². The van der Waals surface area contributed by atoms with Crippen LogP contribution >= 0.6 is 0 Å². The van der Waals surface area contributed by atoms with Gasteiger partial charge in [0.2, 0.25) is 5.91 Å². The summed E-state index contributed by atoms with van der Waals surface area (Å²) in [6, 6.07) is 8.61. The molecular weight excluding hydrogens is 364 g/mol. The Morgan fingerprint density at radius 3 is 2.83 bits per heavy atom. The van der Waals surface area contributed by atoms with Gasteiger partial charge in [-0.1, -0.05) is 29.8 Å². The molecule has 1 amide bonds. The SMILES string of the molecule is Cc1ccc(CCN(CC2CCCO2)C(=O)[C@H]2CNC[C@@H]2c2cnn(C)c2)cc1. The molecule has 0 spiro atoms. The van der Waals surface area contributed by atoms with E-state index in [2.05, 4.69) is 46.5 Å². The third kappa shape index (κ3) is 4.87. The van der Waals surface area contributed by atoms with Crippen LogP contribution in [0.5, 0.6) is 0 Å². The number of benzene rings is 1. The fourth-order valence-corrected chi connectivity index (χ4v) is 4.50. The maximum atomic E-state index is 13.6. The first kappa shape index (κ1) is 20.1. The van der Waals surface area contributed by atoms with Crippen molar-refractivity contribution in [1.82, 2.24) is 20.0 Å². The number of hydrogen-bond acceptors (Lipinski definition) is 4. The largest absolute Gasteiger partial charge is 0.376 e. The van der Waals surface area contributed by atoms with Gasteiger partial charge in [0.15, 0.2) is 0 Å². The number of aryl methyl sites for hydroxylation is 2. The molecule has 2 aliphatic heterocycles. The summed E-state index contributed by atoms with van der Waals surface area (Å²) in [6.07, 6.45) is 7.11. The van der Waals surface area contributed by atoms with Crippen LogP contribution < -0.4 is 5.32 Å². The highest BCUT2D eigenvalue weighted by molar-refractivity contribution is 5.80. The molecule has 156 valence electrons.